The molecule has 0 spiro atoms. The molecule has 2 aromatic carbocycles. The zero-order valence-electron chi connectivity index (χ0n) is 21.0. The van der Waals surface area contributed by atoms with Gasteiger partial charge in [0.05, 0.1) is 11.0 Å². The van der Waals surface area contributed by atoms with E-state index < -0.39 is 0 Å². The van der Waals surface area contributed by atoms with Crippen LogP contribution in [0.15, 0.2) is 60.8 Å². The molecule has 0 atom stereocenters. The van der Waals surface area contributed by atoms with E-state index in [-0.39, 0.29) is 5.41 Å². The van der Waals surface area contributed by atoms with E-state index in [1.54, 1.807) is 6.20 Å². The Bertz CT molecular complexity index is 1280. The van der Waals surface area contributed by atoms with Crippen molar-refractivity contribution < 1.29 is 4.74 Å². The summed E-state index contributed by atoms with van der Waals surface area (Å²) in [6.07, 6.45) is 6.84. The smallest absolute Gasteiger partial charge is 0.243 e. The van der Waals surface area contributed by atoms with E-state index in [4.69, 9.17) is 9.72 Å². The number of hydrogen-bond donors (Lipinski definition) is 2. The lowest BCUT2D eigenvalue weighted by atomic mass is 9.86. The van der Waals surface area contributed by atoms with E-state index in [2.05, 4.69) is 65.2 Å². The number of nitrogens with zero attached hydrogens (tertiary/aromatic N) is 3. The Hall–Kier alpha value is -3.38. The topological polar surface area (TPSA) is 66.1 Å². The highest BCUT2D eigenvalue weighted by Gasteiger charge is 2.20. The van der Waals surface area contributed by atoms with Crippen molar-refractivity contribution in [1.29, 1.82) is 0 Å². The first-order valence-corrected chi connectivity index (χ1v) is 12.7. The molecule has 0 amide bonds. The van der Waals surface area contributed by atoms with Gasteiger partial charge < -0.3 is 19.9 Å². The van der Waals surface area contributed by atoms with E-state index in [1.165, 1.54) is 37.9 Å². The second kappa shape index (κ2) is 10.1. The van der Waals surface area contributed by atoms with Gasteiger partial charge in [-0.05, 0) is 73.7 Å². The summed E-state index contributed by atoms with van der Waals surface area (Å²) in [6.45, 7) is 10.1. The first-order valence-electron chi connectivity index (χ1n) is 12.7. The number of ether oxygens (including phenoxy) is 1. The van der Waals surface area contributed by atoms with Crippen LogP contribution in [0.5, 0.6) is 11.6 Å². The van der Waals surface area contributed by atoms with Crippen LogP contribution in [0, 0.1) is 0 Å². The summed E-state index contributed by atoms with van der Waals surface area (Å²) < 4.78 is 6.30. The van der Waals surface area contributed by atoms with Gasteiger partial charge in [-0.25, -0.2) is 9.97 Å². The van der Waals surface area contributed by atoms with Crippen molar-refractivity contribution >= 4 is 22.7 Å². The van der Waals surface area contributed by atoms with Crippen molar-refractivity contribution in [1.82, 2.24) is 19.9 Å². The van der Waals surface area contributed by atoms with Crippen LogP contribution in [0.1, 0.15) is 51.2 Å². The predicted octanol–water partition coefficient (Wildman–Crippen LogP) is 6.82. The fraction of sp³-hybridized carbons (Fsp3) is 0.379. The highest BCUT2D eigenvalue weighted by atomic mass is 16.5. The van der Waals surface area contributed by atoms with Crippen molar-refractivity contribution in [2.45, 2.75) is 51.9 Å². The molecule has 0 saturated carbocycles. The minimum absolute atomic E-state index is 0.0383. The number of rotatable bonds is 7. The summed E-state index contributed by atoms with van der Waals surface area (Å²) in [4.78, 5) is 15.3. The molecule has 0 unspecified atom stereocenters. The summed E-state index contributed by atoms with van der Waals surface area (Å²) in [5, 5.41) is 3.38. The Morgan fingerprint density at radius 2 is 1.83 bits per heavy atom. The van der Waals surface area contributed by atoms with E-state index in [1.807, 2.05) is 30.3 Å². The van der Waals surface area contributed by atoms with Crippen LogP contribution in [-0.4, -0.2) is 39.5 Å². The monoisotopic (exact) mass is 469 g/mol. The molecule has 0 aliphatic carbocycles. The average Bonchev–Trinajstić information content (AvgIpc) is 3.26. The third kappa shape index (κ3) is 5.65. The Morgan fingerprint density at radius 3 is 2.66 bits per heavy atom. The van der Waals surface area contributed by atoms with Gasteiger partial charge in [0.1, 0.15) is 11.4 Å². The first-order chi connectivity index (χ1) is 17.0. The van der Waals surface area contributed by atoms with Gasteiger partial charge in [0.25, 0.3) is 0 Å². The van der Waals surface area contributed by atoms with Crippen LogP contribution in [0.25, 0.3) is 11.0 Å². The van der Waals surface area contributed by atoms with Crippen LogP contribution in [-0.2, 0) is 11.8 Å². The Morgan fingerprint density at radius 1 is 1.00 bits per heavy atom. The molecule has 4 aromatic rings. The molecule has 0 bridgehead atoms. The molecule has 0 radical (unpaired) electrons. The SMILES string of the molecule is CC(C)(C)c1ccccc1Oc1ncccc1Nc1nc2ccc(CCN3CCCCC3)cc2[nH]1. The molecule has 182 valence electrons. The third-order valence-corrected chi connectivity index (χ3v) is 6.64. The van der Waals surface area contributed by atoms with E-state index >= 15 is 0 Å². The normalized spacial score (nSPS) is 14.8. The lowest BCUT2D eigenvalue weighted by molar-refractivity contribution is 0.231. The Balaban J connectivity index is 1.32. The fourth-order valence-electron chi connectivity index (χ4n) is 4.72. The number of pyridine rings is 1. The van der Waals surface area contributed by atoms with Crippen molar-refractivity contribution in [2.24, 2.45) is 0 Å². The van der Waals surface area contributed by atoms with E-state index in [0.29, 0.717) is 11.8 Å². The second-order valence-corrected chi connectivity index (χ2v) is 10.4. The number of para-hydroxylation sites is 1. The molecule has 6 nitrogen and oxygen atoms in total. The Kier molecular flexibility index (Phi) is 6.73. The van der Waals surface area contributed by atoms with Crippen LogP contribution < -0.4 is 10.1 Å². The second-order valence-electron chi connectivity index (χ2n) is 10.4. The summed E-state index contributed by atoms with van der Waals surface area (Å²) in [5.41, 5.74) is 5.18. The number of aromatic nitrogens is 3. The third-order valence-electron chi connectivity index (χ3n) is 6.64. The molecule has 1 aliphatic heterocycles. The zero-order valence-corrected chi connectivity index (χ0v) is 21.0. The van der Waals surface area contributed by atoms with Crippen LogP contribution in [0.3, 0.4) is 0 Å². The van der Waals surface area contributed by atoms with Gasteiger partial charge in [0.2, 0.25) is 11.8 Å². The molecule has 35 heavy (non-hydrogen) atoms. The van der Waals surface area contributed by atoms with Gasteiger partial charge >= 0.3 is 0 Å². The van der Waals surface area contributed by atoms with Gasteiger partial charge in [0.15, 0.2) is 0 Å². The van der Waals surface area contributed by atoms with Crippen molar-refractivity contribution in [2.75, 3.05) is 25.0 Å². The summed E-state index contributed by atoms with van der Waals surface area (Å²) in [5.74, 6) is 2.01. The molecule has 6 heteroatoms. The number of nitrogens with one attached hydrogen (secondary N) is 2. The lowest BCUT2D eigenvalue weighted by Crippen LogP contribution is -2.31. The number of fused-ring (bicyclic) bond motifs is 1. The molecule has 2 N–H and O–H groups in total. The molecule has 1 saturated heterocycles. The van der Waals surface area contributed by atoms with Crippen molar-refractivity contribution in [3.63, 3.8) is 0 Å². The maximum atomic E-state index is 6.30. The van der Waals surface area contributed by atoms with E-state index in [0.717, 1.165) is 41.0 Å². The number of likely N-dealkylation sites (tertiary alicyclic amines) is 1. The van der Waals surface area contributed by atoms with Crippen molar-refractivity contribution in [3.05, 3.63) is 71.9 Å². The standard InChI is InChI=1S/C29H35N5O/c1-29(2,3)22-10-5-6-12-26(22)35-27-24(11-9-16-30-27)32-28-31-23-14-13-21(20-25(23)33-28)15-19-34-17-7-4-8-18-34/h5-6,9-14,16,20H,4,7-8,15,17-19H2,1-3H3,(H2,31,32,33). The number of piperidine rings is 1. The van der Waals surface area contributed by atoms with Crippen LogP contribution >= 0.6 is 0 Å². The summed E-state index contributed by atoms with van der Waals surface area (Å²) in [7, 11) is 0. The summed E-state index contributed by atoms with van der Waals surface area (Å²) >= 11 is 0. The first kappa shape index (κ1) is 23.4. The molecular weight excluding hydrogens is 434 g/mol. The average molecular weight is 470 g/mol. The quantitative estimate of drug-likeness (QED) is 0.311. The zero-order chi connectivity index (χ0) is 24.3. The van der Waals surface area contributed by atoms with Crippen molar-refractivity contribution in [3.8, 4) is 11.6 Å². The molecular formula is C29H35N5O. The van der Waals surface area contributed by atoms with Gasteiger partial charge in [-0.3, -0.25) is 0 Å². The van der Waals surface area contributed by atoms with Gasteiger partial charge in [-0.2, -0.15) is 0 Å². The largest absolute Gasteiger partial charge is 0.437 e. The van der Waals surface area contributed by atoms with Gasteiger partial charge in [-0.15, -0.1) is 0 Å². The maximum Gasteiger partial charge on any atom is 0.243 e. The number of aromatic amines is 1. The number of benzene rings is 2. The molecule has 2 aromatic heterocycles. The Labute approximate surface area is 207 Å². The maximum absolute atomic E-state index is 6.30. The molecule has 1 aliphatic rings. The fourth-order valence-corrected chi connectivity index (χ4v) is 4.72. The highest BCUT2D eigenvalue weighted by molar-refractivity contribution is 5.79. The minimum atomic E-state index is -0.0383. The number of H-pyrrole nitrogens is 1. The molecule has 1 fully saturated rings. The van der Waals surface area contributed by atoms with Gasteiger partial charge in [-0.1, -0.05) is 51.5 Å². The minimum Gasteiger partial charge on any atom is -0.437 e. The lowest BCUT2D eigenvalue weighted by Gasteiger charge is -2.26. The van der Waals surface area contributed by atoms with E-state index in [9.17, 15) is 0 Å². The number of anilines is 2. The molecule has 3 heterocycles. The molecule has 5 rings (SSSR count). The van der Waals surface area contributed by atoms with Crippen LogP contribution in [0.4, 0.5) is 11.6 Å². The van der Waals surface area contributed by atoms with Gasteiger partial charge in [0, 0.05) is 18.3 Å². The predicted molar refractivity (Wildman–Crippen MR) is 143 cm³/mol. The number of hydrogen-bond acceptors (Lipinski definition) is 5. The summed E-state index contributed by atoms with van der Waals surface area (Å²) in [6, 6.07) is 18.5. The van der Waals surface area contributed by atoms with Crippen LogP contribution in [0.2, 0.25) is 0 Å². The highest BCUT2D eigenvalue weighted by Crippen LogP contribution is 2.36. The number of imidazole rings is 1.